The van der Waals surface area contributed by atoms with Gasteiger partial charge < -0.3 is 10.6 Å². The summed E-state index contributed by atoms with van der Waals surface area (Å²) in [6.45, 7) is 9.41. The largest absolute Gasteiger partial charge is 0.324 e. The molecular formula is C27H33N9O2. The molecule has 0 aliphatic carbocycles. The fourth-order valence-electron chi connectivity index (χ4n) is 4.89. The van der Waals surface area contributed by atoms with E-state index in [4.69, 9.17) is 0 Å². The Morgan fingerprint density at radius 2 is 2.00 bits per heavy atom. The molecule has 1 aliphatic heterocycles. The van der Waals surface area contributed by atoms with Crippen LogP contribution in [-0.4, -0.2) is 65.4 Å². The predicted molar refractivity (Wildman–Crippen MR) is 145 cm³/mol. The molecule has 0 unspecified atom stereocenters. The maximum atomic E-state index is 13.2. The Morgan fingerprint density at radius 3 is 2.74 bits per heavy atom. The zero-order valence-electron chi connectivity index (χ0n) is 22.4. The van der Waals surface area contributed by atoms with Crippen molar-refractivity contribution in [3.8, 4) is 11.1 Å². The van der Waals surface area contributed by atoms with Crippen LogP contribution in [-0.2, 0) is 11.8 Å². The summed E-state index contributed by atoms with van der Waals surface area (Å²) in [4.78, 5) is 32.3. The first kappa shape index (κ1) is 25.5. The molecule has 1 atom stereocenters. The van der Waals surface area contributed by atoms with Crippen LogP contribution >= 0.6 is 0 Å². The number of anilines is 2. The van der Waals surface area contributed by atoms with Crippen molar-refractivity contribution in [3.05, 3.63) is 53.9 Å². The molecule has 2 amide bonds. The lowest BCUT2D eigenvalue weighted by atomic mass is 10.0. The lowest BCUT2D eigenvalue weighted by Crippen LogP contribution is -2.35. The number of hydrogen-bond donors (Lipinski definition) is 2. The maximum Gasteiger partial charge on any atom is 0.278 e. The molecule has 38 heavy (non-hydrogen) atoms. The number of aryl methyl sites for hydroxylation is 2. The summed E-state index contributed by atoms with van der Waals surface area (Å²) >= 11 is 0. The van der Waals surface area contributed by atoms with E-state index in [1.807, 2.05) is 31.6 Å². The topological polar surface area (TPSA) is 122 Å². The first-order chi connectivity index (χ1) is 18.2. The smallest absolute Gasteiger partial charge is 0.278 e. The highest BCUT2D eigenvalue weighted by atomic mass is 16.2. The minimum absolute atomic E-state index is 0.101. The van der Waals surface area contributed by atoms with Crippen LogP contribution in [0.1, 0.15) is 61.4 Å². The van der Waals surface area contributed by atoms with E-state index in [1.54, 1.807) is 28.4 Å². The van der Waals surface area contributed by atoms with Gasteiger partial charge >= 0.3 is 0 Å². The molecule has 11 nitrogen and oxygen atoms in total. The third-order valence-corrected chi connectivity index (χ3v) is 7.00. The van der Waals surface area contributed by atoms with Crippen LogP contribution in [0.15, 0.2) is 36.8 Å². The number of nitrogens with zero attached hydrogens (tertiary/aromatic N) is 7. The molecule has 11 heteroatoms. The normalized spacial score (nSPS) is 15.9. The molecule has 0 bridgehead atoms. The number of nitrogens with one attached hydrogen (secondary N) is 2. The predicted octanol–water partition coefficient (Wildman–Crippen LogP) is 3.63. The number of pyridine rings is 2. The average molecular weight is 516 g/mol. The summed E-state index contributed by atoms with van der Waals surface area (Å²) in [6, 6.07) is 5.90. The van der Waals surface area contributed by atoms with Crippen molar-refractivity contribution in [2.24, 2.45) is 7.05 Å². The van der Waals surface area contributed by atoms with E-state index in [9.17, 15) is 9.59 Å². The van der Waals surface area contributed by atoms with Gasteiger partial charge in [-0.25, -0.2) is 4.52 Å². The Morgan fingerprint density at radius 1 is 1.18 bits per heavy atom. The van der Waals surface area contributed by atoms with Crippen molar-refractivity contribution in [1.82, 2.24) is 34.5 Å². The molecule has 0 spiro atoms. The fraction of sp³-hybridized carbons (Fsp3) is 0.407. The van der Waals surface area contributed by atoms with Crippen LogP contribution in [0.25, 0.3) is 16.6 Å². The third kappa shape index (κ3) is 5.14. The van der Waals surface area contributed by atoms with Crippen molar-refractivity contribution in [1.29, 1.82) is 0 Å². The first-order valence-electron chi connectivity index (χ1n) is 12.9. The number of amides is 2. The van der Waals surface area contributed by atoms with Gasteiger partial charge in [0.05, 0.1) is 41.0 Å². The van der Waals surface area contributed by atoms with Gasteiger partial charge in [-0.05, 0) is 51.3 Å². The number of rotatable bonds is 7. The summed E-state index contributed by atoms with van der Waals surface area (Å²) in [7, 11) is 1.90. The second-order valence-electron chi connectivity index (χ2n) is 10.3. The van der Waals surface area contributed by atoms with Gasteiger partial charge in [-0.1, -0.05) is 25.1 Å². The maximum absolute atomic E-state index is 13.2. The summed E-state index contributed by atoms with van der Waals surface area (Å²) in [5.41, 5.74) is 5.38. The average Bonchev–Trinajstić information content (AvgIpc) is 3.59. The fourth-order valence-corrected chi connectivity index (χ4v) is 4.89. The van der Waals surface area contributed by atoms with E-state index in [0.29, 0.717) is 35.2 Å². The molecule has 198 valence electrons. The van der Waals surface area contributed by atoms with Crippen molar-refractivity contribution < 1.29 is 9.59 Å². The molecule has 1 fully saturated rings. The number of carbonyl (C=O) groups is 2. The highest BCUT2D eigenvalue weighted by Crippen LogP contribution is 2.29. The number of carbonyl (C=O) groups excluding carboxylic acids is 2. The Balaban J connectivity index is 1.32. The molecular weight excluding hydrogens is 482 g/mol. The summed E-state index contributed by atoms with van der Waals surface area (Å²) in [5.74, 6) is -0.243. The SMILES string of the molecule is Cc1ncc(NC(=O)CN2CCC[C@@H]2C)cc1NC(=O)c1nnn2cc(-c3cn(C)nc3C(C)C)ccc12. The Bertz CT molecular complexity index is 1500. The molecule has 5 rings (SSSR count). The van der Waals surface area contributed by atoms with Crippen LogP contribution in [0.3, 0.4) is 0 Å². The monoisotopic (exact) mass is 515 g/mol. The summed E-state index contributed by atoms with van der Waals surface area (Å²) < 4.78 is 3.40. The minimum atomic E-state index is -0.406. The van der Waals surface area contributed by atoms with Gasteiger partial charge in [0.2, 0.25) is 5.91 Å². The molecule has 0 saturated carbocycles. The van der Waals surface area contributed by atoms with Gasteiger partial charge in [0.15, 0.2) is 5.69 Å². The van der Waals surface area contributed by atoms with E-state index in [1.165, 1.54) is 0 Å². The lowest BCUT2D eigenvalue weighted by Gasteiger charge is -2.20. The molecule has 0 radical (unpaired) electrons. The Hall–Kier alpha value is -4.12. The zero-order chi connectivity index (χ0) is 27.0. The summed E-state index contributed by atoms with van der Waals surface area (Å²) in [6.07, 6.45) is 7.64. The molecule has 0 aromatic carbocycles. The van der Waals surface area contributed by atoms with Crippen molar-refractivity contribution in [2.75, 3.05) is 23.7 Å². The molecule has 4 aromatic rings. The van der Waals surface area contributed by atoms with Gasteiger partial charge in [-0.2, -0.15) is 5.10 Å². The zero-order valence-corrected chi connectivity index (χ0v) is 22.4. The van der Waals surface area contributed by atoms with Crippen molar-refractivity contribution in [2.45, 2.75) is 52.5 Å². The van der Waals surface area contributed by atoms with E-state index < -0.39 is 5.91 Å². The second kappa shape index (κ2) is 10.3. The van der Waals surface area contributed by atoms with Gasteiger partial charge in [-0.3, -0.25) is 24.2 Å². The molecule has 1 saturated heterocycles. The van der Waals surface area contributed by atoms with E-state index in [2.05, 4.69) is 56.7 Å². The molecule has 1 aliphatic rings. The highest BCUT2D eigenvalue weighted by Gasteiger charge is 2.23. The van der Waals surface area contributed by atoms with Crippen LogP contribution in [0.2, 0.25) is 0 Å². The standard InChI is InChI=1S/C27H33N9O2/c1-16(2)25-21(14-34(5)32-25)19-8-9-23-26(31-33-36(23)13-19)27(38)30-22-11-20(12-28-18(22)4)29-24(37)15-35-10-6-7-17(35)3/h8-9,11-14,16-17H,6-7,10,15H2,1-5H3,(H,29,37)(H,30,38)/t17-/m0/s1. The number of fused-ring (bicyclic) bond motifs is 1. The molecule has 5 heterocycles. The molecule has 4 aromatic heterocycles. The van der Waals surface area contributed by atoms with E-state index in [-0.39, 0.29) is 17.5 Å². The van der Waals surface area contributed by atoms with Crippen molar-refractivity contribution >= 4 is 28.7 Å². The van der Waals surface area contributed by atoms with Crippen molar-refractivity contribution in [3.63, 3.8) is 0 Å². The number of hydrogen-bond acceptors (Lipinski definition) is 7. The van der Waals surface area contributed by atoms with Crippen LogP contribution in [0.4, 0.5) is 11.4 Å². The van der Waals surface area contributed by atoms with Gasteiger partial charge in [0.1, 0.15) is 0 Å². The van der Waals surface area contributed by atoms with Gasteiger partial charge in [0, 0.05) is 36.6 Å². The van der Waals surface area contributed by atoms with Crippen LogP contribution < -0.4 is 10.6 Å². The van der Waals surface area contributed by atoms with Gasteiger partial charge in [0.25, 0.3) is 5.91 Å². The molecule has 2 N–H and O–H groups in total. The number of likely N-dealkylation sites (tertiary alicyclic amines) is 1. The highest BCUT2D eigenvalue weighted by molar-refractivity contribution is 6.08. The second-order valence-corrected chi connectivity index (χ2v) is 10.3. The number of aromatic nitrogens is 6. The first-order valence-corrected chi connectivity index (χ1v) is 12.9. The lowest BCUT2D eigenvalue weighted by molar-refractivity contribution is -0.117. The summed E-state index contributed by atoms with van der Waals surface area (Å²) in [5, 5.41) is 18.7. The van der Waals surface area contributed by atoms with Crippen LogP contribution in [0, 0.1) is 6.92 Å². The Kier molecular flexibility index (Phi) is 6.94. The third-order valence-electron chi connectivity index (χ3n) is 7.00. The van der Waals surface area contributed by atoms with Gasteiger partial charge in [-0.15, -0.1) is 5.10 Å². The van der Waals surface area contributed by atoms with E-state index in [0.717, 1.165) is 36.2 Å². The van der Waals surface area contributed by atoms with Crippen LogP contribution in [0.5, 0.6) is 0 Å². The van der Waals surface area contributed by atoms with E-state index >= 15 is 0 Å². The Labute approximate surface area is 221 Å². The minimum Gasteiger partial charge on any atom is -0.324 e. The quantitative estimate of drug-likeness (QED) is 0.385.